The van der Waals surface area contributed by atoms with Crippen molar-refractivity contribution >= 4 is 34.7 Å². The SMILES string of the molecule is COc1ccc(CC(=O)Nc2ccc3c(c2)C(N2CCOCC2)=Nc2cc(Cl)ccc2O3)cc1. The van der Waals surface area contributed by atoms with E-state index in [2.05, 4.69) is 10.2 Å². The van der Waals surface area contributed by atoms with Gasteiger partial charge in [-0.25, -0.2) is 4.99 Å². The molecule has 3 aromatic carbocycles. The summed E-state index contributed by atoms with van der Waals surface area (Å²) < 4.78 is 16.9. The minimum atomic E-state index is -0.111. The molecule has 0 unspecified atom stereocenters. The fourth-order valence-electron chi connectivity index (χ4n) is 3.98. The first-order valence-electron chi connectivity index (χ1n) is 11.0. The van der Waals surface area contributed by atoms with Crippen molar-refractivity contribution in [1.29, 1.82) is 0 Å². The summed E-state index contributed by atoms with van der Waals surface area (Å²) in [5.74, 6) is 2.71. The van der Waals surface area contributed by atoms with Gasteiger partial charge in [0, 0.05) is 23.8 Å². The largest absolute Gasteiger partial charge is 0.497 e. The second-order valence-corrected chi connectivity index (χ2v) is 8.47. The average Bonchev–Trinajstić information content (AvgIpc) is 3.01. The zero-order chi connectivity index (χ0) is 23.5. The van der Waals surface area contributed by atoms with E-state index in [0.29, 0.717) is 54.2 Å². The number of aliphatic imine (C=N–C) groups is 1. The Hall–Kier alpha value is -3.55. The lowest BCUT2D eigenvalue weighted by Crippen LogP contribution is -2.41. The first-order chi connectivity index (χ1) is 16.6. The van der Waals surface area contributed by atoms with Crippen molar-refractivity contribution in [3.8, 4) is 17.2 Å². The molecule has 0 saturated carbocycles. The fraction of sp³-hybridized carbons (Fsp3) is 0.231. The molecular formula is C26H24ClN3O4. The molecule has 0 bridgehead atoms. The van der Waals surface area contributed by atoms with Crippen molar-refractivity contribution in [2.24, 2.45) is 4.99 Å². The molecule has 1 amide bonds. The first-order valence-corrected chi connectivity index (χ1v) is 11.4. The molecule has 0 atom stereocenters. The third-order valence-electron chi connectivity index (χ3n) is 5.71. The van der Waals surface area contributed by atoms with Gasteiger partial charge in [0.25, 0.3) is 0 Å². The number of carbonyl (C=O) groups excluding carboxylic acids is 1. The lowest BCUT2D eigenvalue weighted by molar-refractivity contribution is -0.115. The molecule has 2 aliphatic rings. The number of fused-ring (bicyclic) bond motifs is 2. The predicted octanol–water partition coefficient (Wildman–Crippen LogP) is 5.05. The van der Waals surface area contributed by atoms with E-state index in [9.17, 15) is 4.79 Å². The summed E-state index contributed by atoms with van der Waals surface area (Å²) in [5, 5.41) is 3.59. The third-order valence-corrected chi connectivity index (χ3v) is 5.94. The van der Waals surface area contributed by atoms with Crippen LogP contribution in [-0.2, 0) is 16.0 Å². The molecule has 3 aromatic rings. The van der Waals surface area contributed by atoms with Crippen LogP contribution in [0, 0.1) is 0 Å². The molecule has 8 heteroatoms. The minimum absolute atomic E-state index is 0.111. The Labute approximate surface area is 202 Å². The van der Waals surface area contributed by atoms with Crippen LogP contribution in [0.1, 0.15) is 11.1 Å². The Kier molecular flexibility index (Phi) is 6.38. The number of rotatable bonds is 4. The van der Waals surface area contributed by atoms with Gasteiger partial charge in [0.1, 0.15) is 23.0 Å². The van der Waals surface area contributed by atoms with Gasteiger partial charge in [-0.15, -0.1) is 0 Å². The van der Waals surface area contributed by atoms with Gasteiger partial charge in [-0.3, -0.25) is 4.79 Å². The summed E-state index contributed by atoms with van der Waals surface area (Å²) in [6, 6.07) is 18.4. The van der Waals surface area contributed by atoms with Crippen LogP contribution in [0.4, 0.5) is 11.4 Å². The van der Waals surface area contributed by atoms with E-state index in [1.807, 2.05) is 48.5 Å². The number of nitrogens with zero attached hydrogens (tertiary/aromatic N) is 2. The van der Waals surface area contributed by atoms with Crippen molar-refractivity contribution < 1.29 is 19.0 Å². The summed E-state index contributed by atoms with van der Waals surface area (Å²) in [6.45, 7) is 2.66. The number of amides is 1. The molecule has 0 radical (unpaired) electrons. The van der Waals surface area contributed by atoms with Gasteiger partial charge in [0.2, 0.25) is 5.91 Å². The first kappa shape index (κ1) is 22.3. The Morgan fingerprint density at radius 2 is 1.82 bits per heavy atom. The van der Waals surface area contributed by atoms with Crippen molar-refractivity contribution in [2.45, 2.75) is 6.42 Å². The molecule has 0 spiro atoms. The quantitative estimate of drug-likeness (QED) is 0.569. The van der Waals surface area contributed by atoms with Crippen LogP contribution in [0.15, 0.2) is 65.7 Å². The Morgan fingerprint density at radius 1 is 1.06 bits per heavy atom. The highest BCUT2D eigenvalue weighted by Gasteiger charge is 2.25. The van der Waals surface area contributed by atoms with Gasteiger partial charge < -0.3 is 24.4 Å². The van der Waals surface area contributed by atoms with Crippen LogP contribution < -0.4 is 14.8 Å². The van der Waals surface area contributed by atoms with Crippen LogP contribution in [0.25, 0.3) is 0 Å². The molecule has 1 saturated heterocycles. The zero-order valence-electron chi connectivity index (χ0n) is 18.7. The van der Waals surface area contributed by atoms with E-state index in [1.165, 1.54) is 0 Å². The number of benzene rings is 3. The van der Waals surface area contributed by atoms with Crippen molar-refractivity contribution in [2.75, 3.05) is 38.7 Å². The molecule has 174 valence electrons. The lowest BCUT2D eigenvalue weighted by atomic mass is 10.1. The van der Waals surface area contributed by atoms with E-state index >= 15 is 0 Å². The number of nitrogens with one attached hydrogen (secondary N) is 1. The van der Waals surface area contributed by atoms with Crippen LogP contribution in [0.3, 0.4) is 0 Å². The number of amidine groups is 1. The van der Waals surface area contributed by atoms with E-state index in [1.54, 1.807) is 19.2 Å². The number of ether oxygens (including phenoxy) is 3. The molecule has 2 heterocycles. The topological polar surface area (TPSA) is 72.4 Å². The Morgan fingerprint density at radius 3 is 2.59 bits per heavy atom. The zero-order valence-corrected chi connectivity index (χ0v) is 19.5. The number of hydrogen-bond acceptors (Lipinski definition) is 6. The number of morpholine rings is 1. The lowest BCUT2D eigenvalue weighted by Gasteiger charge is -2.30. The van der Waals surface area contributed by atoms with E-state index in [4.69, 9.17) is 30.8 Å². The molecular weight excluding hydrogens is 454 g/mol. The molecule has 1 fully saturated rings. The van der Waals surface area contributed by atoms with Gasteiger partial charge in [0.15, 0.2) is 5.75 Å². The maximum absolute atomic E-state index is 12.7. The fourth-order valence-corrected chi connectivity index (χ4v) is 4.14. The molecule has 0 aromatic heterocycles. The monoisotopic (exact) mass is 477 g/mol. The summed E-state index contributed by atoms with van der Waals surface area (Å²) in [5.41, 5.74) is 3.04. The highest BCUT2D eigenvalue weighted by Crippen LogP contribution is 2.40. The molecule has 5 rings (SSSR count). The normalized spacial score (nSPS) is 14.8. The van der Waals surface area contributed by atoms with Crippen LogP contribution in [0.2, 0.25) is 5.02 Å². The van der Waals surface area contributed by atoms with Gasteiger partial charge in [-0.2, -0.15) is 0 Å². The maximum atomic E-state index is 12.7. The van der Waals surface area contributed by atoms with Gasteiger partial charge in [-0.05, 0) is 54.1 Å². The van der Waals surface area contributed by atoms with E-state index < -0.39 is 0 Å². The second kappa shape index (κ2) is 9.75. The van der Waals surface area contributed by atoms with Crippen molar-refractivity contribution in [3.05, 3.63) is 76.8 Å². The number of hydrogen-bond donors (Lipinski definition) is 1. The standard InChI is InChI=1S/C26H24ClN3O4/c1-32-20-6-2-17(3-7-20)14-25(31)28-19-5-9-23-21(16-19)26(30-10-12-33-13-11-30)29-22-15-18(27)4-8-24(22)34-23/h2-9,15-16H,10-14H2,1H3,(H,28,31). The number of carbonyl (C=O) groups is 1. The van der Waals surface area contributed by atoms with Crippen LogP contribution in [-0.4, -0.2) is 50.1 Å². The molecule has 34 heavy (non-hydrogen) atoms. The van der Waals surface area contributed by atoms with Crippen LogP contribution in [0.5, 0.6) is 17.2 Å². The Bertz CT molecular complexity index is 1240. The molecule has 7 nitrogen and oxygen atoms in total. The highest BCUT2D eigenvalue weighted by atomic mass is 35.5. The third kappa shape index (κ3) is 4.85. The van der Waals surface area contributed by atoms with E-state index in [0.717, 1.165) is 22.7 Å². The second-order valence-electron chi connectivity index (χ2n) is 8.03. The van der Waals surface area contributed by atoms with Crippen molar-refractivity contribution in [3.63, 3.8) is 0 Å². The smallest absolute Gasteiger partial charge is 0.228 e. The molecule has 1 N–H and O–H groups in total. The highest BCUT2D eigenvalue weighted by molar-refractivity contribution is 6.31. The maximum Gasteiger partial charge on any atom is 0.228 e. The van der Waals surface area contributed by atoms with Crippen LogP contribution >= 0.6 is 11.6 Å². The van der Waals surface area contributed by atoms with Gasteiger partial charge in [-0.1, -0.05) is 23.7 Å². The summed E-state index contributed by atoms with van der Waals surface area (Å²) in [4.78, 5) is 19.8. The number of halogens is 1. The average molecular weight is 478 g/mol. The summed E-state index contributed by atoms with van der Waals surface area (Å²) in [6.07, 6.45) is 0.256. The van der Waals surface area contributed by atoms with Crippen molar-refractivity contribution in [1.82, 2.24) is 4.90 Å². The van der Waals surface area contributed by atoms with E-state index in [-0.39, 0.29) is 12.3 Å². The van der Waals surface area contributed by atoms with Gasteiger partial charge >= 0.3 is 0 Å². The molecule has 0 aliphatic carbocycles. The Balaban J connectivity index is 1.44. The predicted molar refractivity (Wildman–Crippen MR) is 132 cm³/mol. The molecule has 2 aliphatic heterocycles. The summed E-state index contributed by atoms with van der Waals surface area (Å²) in [7, 11) is 1.62. The number of anilines is 1. The number of methoxy groups -OCH3 is 1. The minimum Gasteiger partial charge on any atom is -0.497 e. The summed E-state index contributed by atoms with van der Waals surface area (Å²) >= 11 is 6.23. The van der Waals surface area contributed by atoms with Gasteiger partial charge in [0.05, 0.1) is 32.3 Å².